The summed E-state index contributed by atoms with van der Waals surface area (Å²) in [5, 5.41) is 6.88. The first kappa shape index (κ1) is 26.9. The summed E-state index contributed by atoms with van der Waals surface area (Å²) in [4.78, 5) is 9.80. The van der Waals surface area contributed by atoms with Crippen LogP contribution in [0.1, 0.15) is 47.5 Å². The van der Waals surface area contributed by atoms with Crippen LogP contribution in [0.15, 0.2) is 4.99 Å². The zero-order chi connectivity index (χ0) is 19.4. The molecule has 0 amide bonds. The molecule has 27 heavy (non-hydrogen) atoms. The highest BCUT2D eigenvalue weighted by atomic mass is 127. The standard InChI is InChI=1S/C20H43N5O.HI/c1-7-21-20(22-10-8-9-11-24(6)18(4)5)23-16-19(17(2)3)25-12-14-26-15-13-25;/h17-19H,7-16H2,1-6H3,(H2,21,22,23);1H. The number of hydrogen-bond donors (Lipinski definition) is 2. The molecule has 1 rings (SSSR count). The highest BCUT2D eigenvalue weighted by Gasteiger charge is 2.23. The van der Waals surface area contributed by atoms with Crippen LogP contribution < -0.4 is 10.6 Å². The Balaban J connectivity index is 0.00000676. The maximum absolute atomic E-state index is 5.50. The van der Waals surface area contributed by atoms with E-state index < -0.39 is 0 Å². The molecule has 1 saturated heterocycles. The van der Waals surface area contributed by atoms with Crippen molar-refractivity contribution < 1.29 is 4.74 Å². The molecule has 0 radical (unpaired) electrons. The van der Waals surface area contributed by atoms with Gasteiger partial charge < -0.3 is 20.3 Å². The summed E-state index contributed by atoms with van der Waals surface area (Å²) in [6, 6.07) is 1.10. The van der Waals surface area contributed by atoms with Crippen LogP contribution in [-0.2, 0) is 4.74 Å². The molecule has 0 aromatic carbocycles. The molecular formula is C20H44IN5O. The van der Waals surface area contributed by atoms with E-state index >= 15 is 0 Å². The van der Waals surface area contributed by atoms with Crippen LogP contribution >= 0.6 is 24.0 Å². The van der Waals surface area contributed by atoms with Gasteiger partial charge in [0.05, 0.1) is 19.8 Å². The van der Waals surface area contributed by atoms with E-state index in [1.165, 1.54) is 12.8 Å². The first-order valence-electron chi connectivity index (χ1n) is 10.5. The van der Waals surface area contributed by atoms with E-state index in [9.17, 15) is 0 Å². The third kappa shape index (κ3) is 11.5. The molecule has 1 heterocycles. The van der Waals surface area contributed by atoms with E-state index in [1.807, 2.05) is 0 Å². The molecule has 0 aliphatic carbocycles. The Morgan fingerprint density at radius 3 is 2.33 bits per heavy atom. The summed E-state index contributed by atoms with van der Waals surface area (Å²) in [5.74, 6) is 1.54. The molecule has 7 heteroatoms. The van der Waals surface area contributed by atoms with E-state index in [-0.39, 0.29) is 24.0 Å². The molecule has 2 N–H and O–H groups in total. The lowest BCUT2D eigenvalue weighted by atomic mass is 10.0. The number of rotatable bonds is 11. The van der Waals surface area contributed by atoms with Gasteiger partial charge >= 0.3 is 0 Å². The molecule has 6 nitrogen and oxygen atoms in total. The first-order valence-corrected chi connectivity index (χ1v) is 10.5. The van der Waals surface area contributed by atoms with Gasteiger partial charge in [-0.1, -0.05) is 13.8 Å². The van der Waals surface area contributed by atoms with Crippen LogP contribution in [0.3, 0.4) is 0 Å². The molecule has 1 atom stereocenters. The van der Waals surface area contributed by atoms with E-state index in [1.54, 1.807) is 0 Å². The van der Waals surface area contributed by atoms with E-state index in [0.717, 1.165) is 58.4 Å². The average molecular weight is 498 g/mol. The smallest absolute Gasteiger partial charge is 0.191 e. The Hall–Kier alpha value is -0.120. The normalized spacial score (nSPS) is 17.3. The lowest BCUT2D eigenvalue weighted by Crippen LogP contribution is -2.48. The number of nitrogens with one attached hydrogen (secondary N) is 2. The molecule has 1 aliphatic heterocycles. The van der Waals surface area contributed by atoms with Gasteiger partial charge in [0.15, 0.2) is 5.96 Å². The Labute approximate surface area is 184 Å². The molecule has 162 valence electrons. The van der Waals surface area contributed by atoms with Gasteiger partial charge in [0.1, 0.15) is 0 Å². The average Bonchev–Trinajstić information content (AvgIpc) is 2.61. The predicted molar refractivity (Wildman–Crippen MR) is 127 cm³/mol. The number of guanidine groups is 1. The van der Waals surface area contributed by atoms with Crippen molar-refractivity contribution in [1.82, 2.24) is 20.4 Å². The van der Waals surface area contributed by atoms with Gasteiger partial charge in [-0.15, -0.1) is 24.0 Å². The molecule has 1 fully saturated rings. The second-order valence-corrected chi connectivity index (χ2v) is 7.89. The maximum Gasteiger partial charge on any atom is 0.191 e. The minimum atomic E-state index is 0. The number of unbranched alkanes of at least 4 members (excludes halogenated alkanes) is 1. The molecule has 1 unspecified atom stereocenters. The molecule has 0 aromatic rings. The first-order chi connectivity index (χ1) is 12.5. The van der Waals surface area contributed by atoms with Gasteiger partial charge in [-0.05, 0) is 53.1 Å². The molecule has 0 spiro atoms. The second-order valence-electron chi connectivity index (χ2n) is 7.89. The zero-order valence-corrected chi connectivity index (χ0v) is 20.8. The minimum Gasteiger partial charge on any atom is -0.379 e. The Morgan fingerprint density at radius 1 is 1.11 bits per heavy atom. The SMILES string of the molecule is CCNC(=NCC(C(C)C)N1CCOCC1)NCCCCN(C)C(C)C.I. The van der Waals surface area contributed by atoms with Crippen LogP contribution in [0.2, 0.25) is 0 Å². The fourth-order valence-electron chi connectivity index (χ4n) is 3.13. The Kier molecular flexibility index (Phi) is 15.7. The number of halogens is 1. The van der Waals surface area contributed by atoms with Crippen LogP contribution in [-0.4, -0.2) is 87.4 Å². The van der Waals surface area contributed by atoms with Gasteiger partial charge in [0.2, 0.25) is 0 Å². The van der Waals surface area contributed by atoms with E-state index in [2.05, 4.69) is 62.1 Å². The zero-order valence-electron chi connectivity index (χ0n) is 18.5. The third-order valence-corrected chi connectivity index (χ3v) is 5.18. The molecule has 0 aromatic heterocycles. The van der Waals surface area contributed by atoms with Crippen LogP contribution in [0.5, 0.6) is 0 Å². The van der Waals surface area contributed by atoms with Crippen molar-refractivity contribution in [2.24, 2.45) is 10.9 Å². The third-order valence-electron chi connectivity index (χ3n) is 5.18. The lowest BCUT2D eigenvalue weighted by molar-refractivity contribution is 0.00867. The van der Waals surface area contributed by atoms with Crippen molar-refractivity contribution in [1.29, 1.82) is 0 Å². The van der Waals surface area contributed by atoms with Crippen molar-refractivity contribution in [3.8, 4) is 0 Å². The largest absolute Gasteiger partial charge is 0.379 e. The summed E-state index contributed by atoms with van der Waals surface area (Å²) >= 11 is 0. The van der Waals surface area contributed by atoms with Gasteiger partial charge in [-0.25, -0.2) is 0 Å². The second kappa shape index (κ2) is 15.8. The fraction of sp³-hybridized carbons (Fsp3) is 0.950. The summed E-state index contributed by atoms with van der Waals surface area (Å²) in [6.45, 7) is 18.8. The quantitative estimate of drug-likeness (QED) is 0.199. The molecule has 0 saturated carbocycles. The Morgan fingerprint density at radius 2 is 1.78 bits per heavy atom. The highest BCUT2D eigenvalue weighted by Crippen LogP contribution is 2.13. The topological polar surface area (TPSA) is 52.1 Å². The van der Waals surface area contributed by atoms with Crippen molar-refractivity contribution in [2.45, 2.75) is 59.5 Å². The Bertz CT molecular complexity index is 387. The predicted octanol–water partition coefficient (Wildman–Crippen LogP) is 2.64. The number of hydrogen-bond acceptors (Lipinski definition) is 4. The highest BCUT2D eigenvalue weighted by molar-refractivity contribution is 14.0. The number of aliphatic imine (C=N–C) groups is 1. The monoisotopic (exact) mass is 497 g/mol. The van der Waals surface area contributed by atoms with Gasteiger partial charge in [-0.3, -0.25) is 9.89 Å². The molecule has 1 aliphatic rings. The summed E-state index contributed by atoms with van der Waals surface area (Å²) in [6.07, 6.45) is 2.38. The van der Waals surface area contributed by atoms with Crippen LogP contribution in [0, 0.1) is 5.92 Å². The van der Waals surface area contributed by atoms with E-state index in [0.29, 0.717) is 18.0 Å². The van der Waals surface area contributed by atoms with Crippen molar-refractivity contribution in [2.75, 3.05) is 59.5 Å². The number of nitrogens with zero attached hydrogens (tertiary/aromatic N) is 3. The fourth-order valence-corrected chi connectivity index (χ4v) is 3.13. The summed E-state index contributed by atoms with van der Waals surface area (Å²) in [7, 11) is 2.20. The molecule has 0 bridgehead atoms. The van der Waals surface area contributed by atoms with Crippen LogP contribution in [0.4, 0.5) is 0 Å². The van der Waals surface area contributed by atoms with E-state index in [4.69, 9.17) is 9.73 Å². The van der Waals surface area contributed by atoms with Gasteiger partial charge in [0.25, 0.3) is 0 Å². The van der Waals surface area contributed by atoms with Crippen molar-refractivity contribution in [3.63, 3.8) is 0 Å². The number of morpholine rings is 1. The summed E-state index contributed by atoms with van der Waals surface area (Å²) < 4.78 is 5.50. The molecular weight excluding hydrogens is 453 g/mol. The van der Waals surface area contributed by atoms with Crippen molar-refractivity contribution >= 4 is 29.9 Å². The lowest BCUT2D eigenvalue weighted by Gasteiger charge is -2.36. The van der Waals surface area contributed by atoms with Crippen LogP contribution in [0.25, 0.3) is 0 Å². The summed E-state index contributed by atoms with van der Waals surface area (Å²) in [5.41, 5.74) is 0. The van der Waals surface area contributed by atoms with Crippen molar-refractivity contribution in [3.05, 3.63) is 0 Å². The van der Waals surface area contributed by atoms with Gasteiger partial charge in [0, 0.05) is 38.3 Å². The minimum absolute atomic E-state index is 0. The van der Waals surface area contributed by atoms with Gasteiger partial charge in [-0.2, -0.15) is 0 Å². The number of ether oxygens (including phenoxy) is 1. The maximum atomic E-state index is 5.50.